The summed E-state index contributed by atoms with van der Waals surface area (Å²) in [4.78, 5) is 11.8. The van der Waals surface area contributed by atoms with Crippen LogP contribution in [0.2, 0.25) is 0 Å². The Morgan fingerprint density at radius 1 is 1.39 bits per heavy atom. The lowest BCUT2D eigenvalue weighted by molar-refractivity contribution is -0.121. The van der Waals surface area contributed by atoms with E-state index in [4.69, 9.17) is 4.74 Å². The Kier molecular flexibility index (Phi) is 6.22. The molecule has 1 aromatic rings. The first-order chi connectivity index (χ1) is 8.65. The van der Waals surface area contributed by atoms with Gasteiger partial charge in [0.1, 0.15) is 6.04 Å². The number of aryl methyl sites for hydroxylation is 1. The van der Waals surface area contributed by atoms with Crippen LogP contribution in [0, 0.1) is 6.92 Å². The number of benzene rings is 1. The van der Waals surface area contributed by atoms with Gasteiger partial charge in [-0.3, -0.25) is 4.79 Å². The number of hydrogen-bond acceptors (Lipinski definition) is 3. The van der Waals surface area contributed by atoms with Crippen LogP contribution in [-0.2, 0) is 9.53 Å². The second kappa shape index (κ2) is 7.71. The summed E-state index contributed by atoms with van der Waals surface area (Å²) < 4.78 is 4.93. The van der Waals surface area contributed by atoms with E-state index in [1.807, 2.05) is 38.1 Å². The molecule has 1 rings (SSSR count). The van der Waals surface area contributed by atoms with E-state index < -0.39 is 0 Å². The van der Waals surface area contributed by atoms with Gasteiger partial charge in [0.2, 0.25) is 5.91 Å². The fourth-order valence-corrected chi connectivity index (χ4v) is 1.61. The number of hydrogen-bond donors (Lipinski definition) is 2. The molecule has 0 bridgehead atoms. The molecule has 0 fully saturated rings. The summed E-state index contributed by atoms with van der Waals surface area (Å²) in [5.74, 6) is 0.00866. The first-order valence-corrected chi connectivity index (χ1v) is 6.24. The summed E-state index contributed by atoms with van der Waals surface area (Å²) in [6, 6.07) is 7.69. The minimum Gasteiger partial charge on any atom is -0.385 e. The summed E-state index contributed by atoms with van der Waals surface area (Å²) in [7, 11) is 1.66. The van der Waals surface area contributed by atoms with Gasteiger partial charge >= 0.3 is 0 Å². The highest BCUT2D eigenvalue weighted by molar-refractivity contribution is 5.84. The zero-order valence-electron chi connectivity index (χ0n) is 11.3. The predicted molar refractivity (Wildman–Crippen MR) is 73.8 cm³/mol. The van der Waals surface area contributed by atoms with E-state index >= 15 is 0 Å². The number of rotatable bonds is 7. The lowest BCUT2D eigenvalue weighted by Crippen LogP contribution is -2.38. The van der Waals surface area contributed by atoms with Crippen LogP contribution in [0.15, 0.2) is 24.3 Å². The quantitative estimate of drug-likeness (QED) is 0.727. The second-order valence-corrected chi connectivity index (χ2v) is 4.32. The Balaban J connectivity index is 2.38. The second-order valence-electron chi connectivity index (χ2n) is 4.32. The maximum atomic E-state index is 11.8. The van der Waals surface area contributed by atoms with Crippen molar-refractivity contribution in [3.8, 4) is 0 Å². The van der Waals surface area contributed by atoms with Crippen molar-refractivity contribution in [3.63, 3.8) is 0 Å². The highest BCUT2D eigenvalue weighted by Crippen LogP contribution is 2.14. The molecule has 1 atom stereocenters. The molecule has 1 amide bonds. The molecule has 1 unspecified atom stereocenters. The van der Waals surface area contributed by atoms with Crippen molar-refractivity contribution in [1.29, 1.82) is 0 Å². The van der Waals surface area contributed by atoms with Crippen LogP contribution in [0.25, 0.3) is 0 Å². The average molecular weight is 250 g/mol. The fourth-order valence-electron chi connectivity index (χ4n) is 1.61. The molecule has 0 saturated heterocycles. The Labute approximate surface area is 109 Å². The van der Waals surface area contributed by atoms with Crippen LogP contribution in [-0.4, -0.2) is 32.2 Å². The van der Waals surface area contributed by atoms with Gasteiger partial charge in [0, 0.05) is 25.9 Å². The average Bonchev–Trinajstić information content (AvgIpc) is 2.37. The van der Waals surface area contributed by atoms with E-state index in [9.17, 15) is 4.79 Å². The molecule has 100 valence electrons. The van der Waals surface area contributed by atoms with Crippen LogP contribution in [0.1, 0.15) is 18.9 Å². The third-order valence-electron chi connectivity index (χ3n) is 2.73. The Morgan fingerprint density at radius 2 is 2.11 bits per heavy atom. The smallest absolute Gasteiger partial charge is 0.242 e. The minimum absolute atomic E-state index is 0.00866. The molecule has 4 nitrogen and oxygen atoms in total. The number of methoxy groups -OCH3 is 1. The van der Waals surface area contributed by atoms with Crippen molar-refractivity contribution in [2.45, 2.75) is 26.3 Å². The number of amides is 1. The Hall–Kier alpha value is -1.55. The van der Waals surface area contributed by atoms with Gasteiger partial charge in [0.05, 0.1) is 0 Å². The van der Waals surface area contributed by atoms with Gasteiger partial charge in [-0.1, -0.05) is 18.2 Å². The summed E-state index contributed by atoms with van der Waals surface area (Å²) in [5, 5.41) is 6.08. The lowest BCUT2D eigenvalue weighted by Gasteiger charge is -2.16. The van der Waals surface area contributed by atoms with Gasteiger partial charge in [-0.2, -0.15) is 0 Å². The standard InChI is InChI=1S/C14H22N2O2/c1-11-7-4-5-8-13(11)16-12(2)14(17)15-9-6-10-18-3/h4-5,7-8,12,16H,6,9-10H2,1-3H3,(H,15,17). The number of anilines is 1. The third kappa shape index (κ3) is 4.75. The molecule has 2 N–H and O–H groups in total. The largest absolute Gasteiger partial charge is 0.385 e. The number of carbonyl (C=O) groups excluding carboxylic acids is 1. The van der Waals surface area contributed by atoms with Crippen molar-refractivity contribution < 1.29 is 9.53 Å². The van der Waals surface area contributed by atoms with E-state index in [2.05, 4.69) is 10.6 Å². The van der Waals surface area contributed by atoms with Crippen molar-refractivity contribution in [2.75, 3.05) is 25.6 Å². The lowest BCUT2D eigenvalue weighted by atomic mass is 10.2. The molecule has 1 aromatic carbocycles. The van der Waals surface area contributed by atoms with Crippen LogP contribution >= 0.6 is 0 Å². The van der Waals surface area contributed by atoms with Crippen molar-refractivity contribution >= 4 is 11.6 Å². The highest BCUT2D eigenvalue weighted by atomic mass is 16.5. The molecular weight excluding hydrogens is 228 g/mol. The number of nitrogens with one attached hydrogen (secondary N) is 2. The Bertz CT molecular complexity index is 380. The van der Waals surface area contributed by atoms with Crippen LogP contribution < -0.4 is 10.6 Å². The zero-order chi connectivity index (χ0) is 13.4. The van der Waals surface area contributed by atoms with Gasteiger partial charge in [-0.25, -0.2) is 0 Å². The first-order valence-electron chi connectivity index (χ1n) is 6.24. The minimum atomic E-state index is -0.242. The summed E-state index contributed by atoms with van der Waals surface area (Å²) in [5.41, 5.74) is 2.13. The maximum Gasteiger partial charge on any atom is 0.242 e. The molecule has 0 aliphatic heterocycles. The molecule has 0 heterocycles. The van der Waals surface area contributed by atoms with Crippen molar-refractivity contribution in [1.82, 2.24) is 5.32 Å². The molecule has 0 aliphatic rings. The summed E-state index contributed by atoms with van der Waals surface area (Å²) >= 11 is 0. The molecule has 0 aromatic heterocycles. The van der Waals surface area contributed by atoms with Crippen molar-refractivity contribution in [2.24, 2.45) is 0 Å². The van der Waals surface area contributed by atoms with Gasteiger partial charge in [-0.15, -0.1) is 0 Å². The van der Waals surface area contributed by atoms with E-state index in [0.29, 0.717) is 13.2 Å². The third-order valence-corrected chi connectivity index (χ3v) is 2.73. The van der Waals surface area contributed by atoms with E-state index in [1.165, 1.54) is 0 Å². The van der Waals surface area contributed by atoms with E-state index in [1.54, 1.807) is 7.11 Å². The van der Waals surface area contributed by atoms with Gasteiger partial charge < -0.3 is 15.4 Å². The van der Waals surface area contributed by atoms with Crippen LogP contribution in [0.4, 0.5) is 5.69 Å². The van der Waals surface area contributed by atoms with Crippen molar-refractivity contribution in [3.05, 3.63) is 29.8 Å². The number of para-hydroxylation sites is 1. The molecule has 4 heteroatoms. The van der Waals surface area contributed by atoms with Gasteiger partial charge in [0.15, 0.2) is 0 Å². The number of carbonyl (C=O) groups is 1. The zero-order valence-corrected chi connectivity index (χ0v) is 11.3. The fraction of sp³-hybridized carbons (Fsp3) is 0.500. The normalized spacial score (nSPS) is 11.9. The first kappa shape index (κ1) is 14.5. The highest BCUT2D eigenvalue weighted by Gasteiger charge is 2.12. The Morgan fingerprint density at radius 3 is 2.78 bits per heavy atom. The SMILES string of the molecule is COCCCNC(=O)C(C)Nc1ccccc1C. The van der Waals surface area contributed by atoms with Gasteiger partial charge in [0.25, 0.3) is 0 Å². The summed E-state index contributed by atoms with van der Waals surface area (Å²) in [6.07, 6.45) is 0.833. The molecule has 0 saturated carbocycles. The number of ether oxygens (including phenoxy) is 1. The molecule has 0 aliphatic carbocycles. The monoisotopic (exact) mass is 250 g/mol. The molecular formula is C14H22N2O2. The maximum absolute atomic E-state index is 11.8. The summed E-state index contributed by atoms with van der Waals surface area (Å²) in [6.45, 7) is 5.19. The van der Waals surface area contributed by atoms with E-state index in [-0.39, 0.29) is 11.9 Å². The molecule has 0 spiro atoms. The topological polar surface area (TPSA) is 50.4 Å². The molecule has 0 radical (unpaired) electrons. The molecule has 18 heavy (non-hydrogen) atoms. The van der Waals surface area contributed by atoms with E-state index in [0.717, 1.165) is 17.7 Å². The van der Waals surface area contributed by atoms with Crippen LogP contribution in [0.3, 0.4) is 0 Å². The van der Waals surface area contributed by atoms with Gasteiger partial charge in [-0.05, 0) is 31.9 Å². The predicted octanol–water partition coefficient (Wildman–Crippen LogP) is 1.95. The van der Waals surface area contributed by atoms with Crippen LogP contribution in [0.5, 0.6) is 0 Å².